The molecule has 0 radical (unpaired) electrons. The summed E-state index contributed by atoms with van der Waals surface area (Å²) in [5.41, 5.74) is 3.06. The molecular formula is C17H21N5O3. The van der Waals surface area contributed by atoms with Crippen LogP contribution in [0.5, 0.6) is 0 Å². The van der Waals surface area contributed by atoms with E-state index in [0.29, 0.717) is 32.8 Å². The number of aromatic nitrogens is 2. The van der Waals surface area contributed by atoms with Crippen molar-refractivity contribution >= 4 is 23.0 Å². The monoisotopic (exact) mass is 343 g/mol. The van der Waals surface area contributed by atoms with Crippen LogP contribution in [0.25, 0.3) is 10.9 Å². The number of piperazine rings is 1. The van der Waals surface area contributed by atoms with Crippen molar-refractivity contribution in [2.45, 2.75) is 19.5 Å². The Labute approximate surface area is 145 Å². The fraction of sp³-hybridized carbons (Fsp3) is 0.471. The van der Waals surface area contributed by atoms with Crippen molar-refractivity contribution in [3.05, 3.63) is 29.5 Å². The van der Waals surface area contributed by atoms with E-state index in [1.54, 1.807) is 9.80 Å². The molecule has 1 N–H and O–H groups in total. The van der Waals surface area contributed by atoms with E-state index in [9.17, 15) is 9.59 Å². The van der Waals surface area contributed by atoms with Crippen molar-refractivity contribution in [1.82, 2.24) is 24.9 Å². The van der Waals surface area contributed by atoms with E-state index in [1.807, 2.05) is 24.7 Å². The van der Waals surface area contributed by atoms with Gasteiger partial charge in [-0.25, -0.2) is 9.59 Å². The van der Waals surface area contributed by atoms with Crippen LogP contribution in [0.2, 0.25) is 0 Å². The third-order valence-electron chi connectivity index (χ3n) is 4.89. The Balaban J connectivity index is 1.43. The molecule has 132 valence electrons. The number of rotatable bonds is 2. The smallest absolute Gasteiger partial charge is 0.410 e. The van der Waals surface area contributed by atoms with Gasteiger partial charge in [-0.15, -0.1) is 0 Å². The number of cyclic esters (lactones) is 1. The molecule has 25 heavy (non-hydrogen) atoms. The molecule has 1 atom stereocenters. The quantitative estimate of drug-likeness (QED) is 0.889. The summed E-state index contributed by atoms with van der Waals surface area (Å²) in [4.78, 5) is 27.4. The maximum Gasteiger partial charge on any atom is 0.410 e. The fourth-order valence-corrected chi connectivity index (χ4v) is 3.53. The van der Waals surface area contributed by atoms with E-state index in [0.717, 1.165) is 22.2 Å². The number of aryl methyl sites for hydroxylation is 2. The fourth-order valence-electron chi connectivity index (χ4n) is 3.53. The Hall–Kier alpha value is -2.77. The summed E-state index contributed by atoms with van der Waals surface area (Å²) < 4.78 is 6.87. The number of benzene rings is 1. The second-order valence-electron chi connectivity index (χ2n) is 6.62. The highest BCUT2D eigenvalue weighted by Gasteiger charge is 2.38. The molecule has 2 aromatic rings. The van der Waals surface area contributed by atoms with Crippen molar-refractivity contribution in [2.24, 2.45) is 7.05 Å². The van der Waals surface area contributed by atoms with E-state index in [4.69, 9.17) is 4.74 Å². The van der Waals surface area contributed by atoms with Crippen LogP contribution in [0, 0.1) is 6.92 Å². The van der Waals surface area contributed by atoms with Gasteiger partial charge in [0.05, 0.1) is 23.8 Å². The van der Waals surface area contributed by atoms with Crippen molar-refractivity contribution in [2.75, 3.05) is 26.2 Å². The number of nitrogens with zero attached hydrogens (tertiary/aromatic N) is 4. The lowest BCUT2D eigenvalue weighted by Crippen LogP contribution is -2.55. The molecule has 0 saturated carbocycles. The third kappa shape index (κ3) is 2.77. The van der Waals surface area contributed by atoms with Crippen LogP contribution in [0.4, 0.5) is 9.59 Å². The highest BCUT2D eigenvalue weighted by Crippen LogP contribution is 2.20. The SMILES string of the molecule is Cc1ccc2c(c1)c(CNC(=O)N1CCN3C(=O)OC[C@@H]3C1)nn2C. The normalized spacial score (nSPS) is 19.9. The van der Waals surface area contributed by atoms with Crippen LogP contribution in [0.3, 0.4) is 0 Å². The molecule has 2 fully saturated rings. The second kappa shape index (κ2) is 5.94. The number of urea groups is 1. The number of carbonyl (C=O) groups is 2. The first-order valence-electron chi connectivity index (χ1n) is 8.41. The maximum atomic E-state index is 12.5. The van der Waals surface area contributed by atoms with Gasteiger partial charge in [-0.3, -0.25) is 9.58 Å². The number of nitrogens with one attached hydrogen (secondary N) is 1. The van der Waals surface area contributed by atoms with Gasteiger partial charge in [0, 0.05) is 32.1 Å². The van der Waals surface area contributed by atoms with Gasteiger partial charge in [0.25, 0.3) is 0 Å². The minimum absolute atomic E-state index is 0.0367. The van der Waals surface area contributed by atoms with Gasteiger partial charge in [0.15, 0.2) is 0 Å². The summed E-state index contributed by atoms with van der Waals surface area (Å²) in [6.45, 7) is 4.30. The Morgan fingerprint density at radius 1 is 1.40 bits per heavy atom. The van der Waals surface area contributed by atoms with Gasteiger partial charge in [0.1, 0.15) is 6.61 Å². The van der Waals surface area contributed by atoms with E-state index in [-0.39, 0.29) is 18.2 Å². The number of carbonyl (C=O) groups excluding carboxylic acids is 2. The molecule has 8 nitrogen and oxygen atoms in total. The molecule has 0 spiro atoms. The molecule has 2 aliphatic heterocycles. The average Bonchev–Trinajstić information content (AvgIpc) is 3.12. The average molecular weight is 343 g/mol. The third-order valence-corrected chi connectivity index (χ3v) is 4.89. The second-order valence-corrected chi connectivity index (χ2v) is 6.62. The molecule has 1 aromatic heterocycles. The largest absolute Gasteiger partial charge is 0.447 e. The van der Waals surface area contributed by atoms with Crippen molar-refractivity contribution in [3.63, 3.8) is 0 Å². The van der Waals surface area contributed by atoms with Crippen LogP contribution < -0.4 is 5.32 Å². The van der Waals surface area contributed by atoms with Crippen LogP contribution in [0.1, 0.15) is 11.3 Å². The summed E-state index contributed by atoms with van der Waals surface area (Å²) in [5, 5.41) is 8.53. The van der Waals surface area contributed by atoms with E-state index >= 15 is 0 Å². The van der Waals surface area contributed by atoms with Gasteiger partial charge in [-0.1, -0.05) is 11.6 Å². The molecule has 4 rings (SSSR count). The zero-order valence-corrected chi connectivity index (χ0v) is 14.4. The summed E-state index contributed by atoms with van der Waals surface area (Å²) in [5.74, 6) is 0. The van der Waals surface area contributed by atoms with Gasteiger partial charge in [0.2, 0.25) is 0 Å². The Morgan fingerprint density at radius 3 is 3.08 bits per heavy atom. The van der Waals surface area contributed by atoms with Crippen LogP contribution in [0.15, 0.2) is 18.2 Å². The predicted molar refractivity (Wildman–Crippen MR) is 91.1 cm³/mol. The van der Waals surface area contributed by atoms with Gasteiger partial charge >= 0.3 is 12.1 Å². The van der Waals surface area contributed by atoms with Crippen molar-refractivity contribution < 1.29 is 14.3 Å². The molecule has 8 heteroatoms. The van der Waals surface area contributed by atoms with Crippen LogP contribution in [-0.4, -0.2) is 64.0 Å². The maximum absolute atomic E-state index is 12.5. The number of ether oxygens (including phenoxy) is 1. The molecular weight excluding hydrogens is 322 g/mol. The first-order valence-corrected chi connectivity index (χ1v) is 8.41. The molecule has 3 amide bonds. The van der Waals surface area contributed by atoms with Crippen molar-refractivity contribution in [1.29, 1.82) is 0 Å². The summed E-state index contributed by atoms with van der Waals surface area (Å²) in [6, 6.07) is 6.01. The highest BCUT2D eigenvalue weighted by atomic mass is 16.6. The first kappa shape index (κ1) is 15.7. The predicted octanol–water partition coefficient (Wildman–Crippen LogP) is 1.23. The van der Waals surface area contributed by atoms with E-state index in [1.165, 1.54) is 0 Å². The topological polar surface area (TPSA) is 79.7 Å². The number of fused-ring (bicyclic) bond motifs is 2. The molecule has 2 aliphatic rings. The number of hydrogen-bond acceptors (Lipinski definition) is 4. The minimum Gasteiger partial charge on any atom is -0.447 e. The summed E-state index contributed by atoms with van der Waals surface area (Å²) in [7, 11) is 1.90. The highest BCUT2D eigenvalue weighted by molar-refractivity contribution is 5.83. The van der Waals surface area contributed by atoms with E-state index < -0.39 is 0 Å². The molecule has 2 saturated heterocycles. The number of amides is 3. The molecule has 0 unspecified atom stereocenters. The van der Waals surface area contributed by atoms with Gasteiger partial charge in [-0.05, 0) is 19.1 Å². The number of hydrogen-bond donors (Lipinski definition) is 1. The Bertz CT molecular complexity index is 846. The van der Waals surface area contributed by atoms with Gasteiger partial charge in [-0.2, -0.15) is 5.10 Å². The molecule has 0 bridgehead atoms. The first-order chi connectivity index (χ1) is 12.0. The van der Waals surface area contributed by atoms with Crippen molar-refractivity contribution in [3.8, 4) is 0 Å². The minimum atomic E-state index is -0.277. The zero-order chi connectivity index (χ0) is 17.6. The standard InChI is InChI=1S/C17H21N5O3/c1-11-3-4-15-13(7-11)14(19-20(15)2)8-18-16(23)21-5-6-22-12(9-21)10-25-17(22)24/h3-4,7,12H,5-6,8-10H2,1-2H3,(H,18,23)/t12-/m0/s1. The zero-order valence-electron chi connectivity index (χ0n) is 14.4. The Morgan fingerprint density at radius 2 is 2.24 bits per heavy atom. The molecule has 0 aliphatic carbocycles. The lowest BCUT2D eigenvalue weighted by atomic mass is 10.1. The molecule has 3 heterocycles. The van der Waals surface area contributed by atoms with Crippen LogP contribution >= 0.6 is 0 Å². The van der Waals surface area contributed by atoms with Gasteiger partial charge < -0.3 is 15.0 Å². The molecule has 1 aromatic carbocycles. The Kier molecular flexibility index (Phi) is 3.74. The lowest BCUT2D eigenvalue weighted by Gasteiger charge is -2.35. The summed E-state index contributed by atoms with van der Waals surface area (Å²) >= 11 is 0. The lowest BCUT2D eigenvalue weighted by molar-refractivity contribution is 0.127. The summed E-state index contributed by atoms with van der Waals surface area (Å²) in [6.07, 6.45) is -0.277. The van der Waals surface area contributed by atoms with Crippen LogP contribution in [-0.2, 0) is 18.3 Å². The van der Waals surface area contributed by atoms with E-state index in [2.05, 4.69) is 22.5 Å².